The number of nitro benzene ring substituents is 1. The van der Waals surface area contributed by atoms with Gasteiger partial charge in [-0.15, -0.1) is 5.10 Å². The lowest BCUT2D eigenvalue weighted by molar-refractivity contribution is -0.385. The van der Waals surface area contributed by atoms with Gasteiger partial charge in [-0.1, -0.05) is 27.3 Å². The average molecular weight is 547 g/mol. The van der Waals surface area contributed by atoms with Gasteiger partial charge in [0.15, 0.2) is 17.3 Å². The first-order chi connectivity index (χ1) is 16.3. The second kappa shape index (κ2) is 9.77. The van der Waals surface area contributed by atoms with Crippen LogP contribution >= 0.6 is 27.3 Å². The van der Waals surface area contributed by atoms with Crippen molar-refractivity contribution in [1.29, 1.82) is 0 Å². The molecule has 2 aromatic heterocycles. The zero-order valence-electron chi connectivity index (χ0n) is 18.4. The zero-order valence-corrected chi connectivity index (χ0v) is 20.8. The van der Waals surface area contributed by atoms with E-state index < -0.39 is 4.92 Å². The Kier molecular flexibility index (Phi) is 6.80. The molecule has 2 heterocycles. The van der Waals surface area contributed by atoms with E-state index >= 15 is 0 Å². The molecular formula is C22H19BrN4O6S. The van der Waals surface area contributed by atoms with E-state index in [1.54, 1.807) is 19.3 Å². The van der Waals surface area contributed by atoms with E-state index in [2.05, 4.69) is 26.0 Å². The van der Waals surface area contributed by atoms with Crippen molar-refractivity contribution in [1.82, 2.24) is 14.6 Å². The third-order valence-corrected chi connectivity index (χ3v) is 6.80. The number of thiazole rings is 1. The largest absolute Gasteiger partial charge is 0.497 e. The molecule has 34 heavy (non-hydrogen) atoms. The van der Waals surface area contributed by atoms with E-state index in [1.165, 1.54) is 36.1 Å². The molecule has 0 atom stereocenters. The summed E-state index contributed by atoms with van der Waals surface area (Å²) >= 11 is 4.70. The third-order valence-electron chi connectivity index (χ3n) is 5.11. The fraction of sp³-hybridized carbons (Fsp3) is 0.227. The van der Waals surface area contributed by atoms with Gasteiger partial charge in [-0.2, -0.15) is 4.52 Å². The number of aryl methyl sites for hydroxylation is 2. The predicted molar refractivity (Wildman–Crippen MR) is 130 cm³/mol. The molecule has 0 radical (unpaired) electrons. The standard InChI is InChI=1S/C22H19BrN4O6S/c1-31-14-5-6-15(23)13(8-14)10-19-21(28)26-22(34-19)24-20(25-26)7-4-12-9-17(32-2)18(33-3)11-16(12)27(29)30/h5-6,8-11H,4,7H2,1-3H3/b19-10-. The number of hydrogen-bond donors (Lipinski definition) is 0. The Morgan fingerprint density at radius 2 is 1.85 bits per heavy atom. The molecule has 0 aliphatic carbocycles. The van der Waals surface area contributed by atoms with Gasteiger partial charge in [0.25, 0.3) is 11.2 Å². The number of rotatable bonds is 8. The lowest BCUT2D eigenvalue weighted by atomic mass is 10.1. The van der Waals surface area contributed by atoms with Gasteiger partial charge in [0.2, 0.25) is 4.96 Å². The molecule has 0 amide bonds. The molecule has 0 saturated heterocycles. The summed E-state index contributed by atoms with van der Waals surface area (Å²) in [6, 6.07) is 8.39. The molecule has 2 aromatic carbocycles. The van der Waals surface area contributed by atoms with Crippen molar-refractivity contribution in [3.8, 4) is 17.2 Å². The molecule has 0 N–H and O–H groups in total. The minimum absolute atomic E-state index is 0.0797. The topological polar surface area (TPSA) is 118 Å². The highest BCUT2D eigenvalue weighted by atomic mass is 79.9. The SMILES string of the molecule is COc1ccc(Br)c(/C=c2\sc3nc(CCc4cc(OC)c(OC)cc4[N+](=O)[O-])nn3c2=O)c1. The summed E-state index contributed by atoms with van der Waals surface area (Å²) in [7, 11) is 4.46. The van der Waals surface area contributed by atoms with Crippen LogP contribution in [-0.4, -0.2) is 40.9 Å². The highest BCUT2D eigenvalue weighted by Crippen LogP contribution is 2.35. The van der Waals surface area contributed by atoms with Crippen LogP contribution in [0.25, 0.3) is 11.0 Å². The fourth-order valence-corrected chi connectivity index (χ4v) is 4.69. The lowest BCUT2D eigenvalue weighted by Gasteiger charge is -2.10. The Hall–Kier alpha value is -3.51. The molecule has 0 unspecified atom stereocenters. The van der Waals surface area contributed by atoms with E-state index in [0.717, 1.165) is 10.0 Å². The van der Waals surface area contributed by atoms with E-state index in [-0.39, 0.29) is 17.0 Å². The summed E-state index contributed by atoms with van der Waals surface area (Å²) in [5.74, 6) is 1.77. The molecule has 176 valence electrons. The molecule has 4 rings (SSSR count). The van der Waals surface area contributed by atoms with Crippen molar-refractivity contribution >= 4 is 44.0 Å². The number of halogens is 1. The second-order valence-corrected chi connectivity index (χ2v) is 8.98. The number of ether oxygens (including phenoxy) is 3. The maximum absolute atomic E-state index is 12.9. The van der Waals surface area contributed by atoms with Crippen molar-refractivity contribution < 1.29 is 19.1 Å². The maximum Gasteiger partial charge on any atom is 0.291 e. The summed E-state index contributed by atoms with van der Waals surface area (Å²) < 4.78 is 18.2. The molecule has 0 spiro atoms. The number of nitrogens with zero attached hydrogens (tertiary/aromatic N) is 4. The normalized spacial score (nSPS) is 11.7. The summed E-state index contributed by atoms with van der Waals surface area (Å²) in [4.78, 5) is 28.8. The Morgan fingerprint density at radius 3 is 2.50 bits per heavy atom. The van der Waals surface area contributed by atoms with Crippen LogP contribution in [0.15, 0.2) is 39.6 Å². The number of fused-ring (bicyclic) bond motifs is 1. The van der Waals surface area contributed by atoms with Gasteiger partial charge >= 0.3 is 0 Å². The molecule has 10 nitrogen and oxygen atoms in total. The van der Waals surface area contributed by atoms with Crippen molar-refractivity contribution in [2.75, 3.05) is 21.3 Å². The third kappa shape index (κ3) is 4.59. The van der Waals surface area contributed by atoms with E-state index in [9.17, 15) is 14.9 Å². The second-order valence-electron chi connectivity index (χ2n) is 7.12. The molecule has 0 aliphatic heterocycles. The van der Waals surface area contributed by atoms with E-state index in [4.69, 9.17) is 14.2 Å². The van der Waals surface area contributed by atoms with Crippen LogP contribution < -0.4 is 24.3 Å². The highest BCUT2D eigenvalue weighted by molar-refractivity contribution is 9.10. The van der Waals surface area contributed by atoms with Crippen LogP contribution in [0.1, 0.15) is 17.0 Å². The van der Waals surface area contributed by atoms with Crippen molar-refractivity contribution in [3.05, 3.63) is 76.8 Å². The van der Waals surface area contributed by atoms with E-state index in [1.807, 2.05) is 18.2 Å². The fourth-order valence-electron chi connectivity index (χ4n) is 3.41. The monoisotopic (exact) mass is 546 g/mol. The quantitative estimate of drug-likeness (QED) is 0.244. The first-order valence-corrected chi connectivity index (χ1v) is 11.6. The van der Waals surface area contributed by atoms with Crippen molar-refractivity contribution in [3.63, 3.8) is 0 Å². The van der Waals surface area contributed by atoms with Gasteiger partial charge in [-0.25, -0.2) is 4.98 Å². The van der Waals surface area contributed by atoms with Crippen molar-refractivity contribution in [2.24, 2.45) is 0 Å². The van der Waals surface area contributed by atoms with Crippen LogP contribution in [-0.2, 0) is 12.8 Å². The van der Waals surface area contributed by atoms with Gasteiger partial charge in [-0.3, -0.25) is 14.9 Å². The first-order valence-electron chi connectivity index (χ1n) is 9.97. The van der Waals surface area contributed by atoms with Crippen LogP contribution in [0.4, 0.5) is 5.69 Å². The molecule has 0 aliphatic rings. The van der Waals surface area contributed by atoms with E-state index in [0.29, 0.717) is 45.2 Å². The number of benzene rings is 2. The number of methoxy groups -OCH3 is 3. The average Bonchev–Trinajstić information content (AvgIpc) is 3.36. The van der Waals surface area contributed by atoms with Crippen molar-refractivity contribution in [2.45, 2.75) is 12.8 Å². The zero-order chi connectivity index (χ0) is 24.4. The molecule has 12 heteroatoms. The molecule has 0 bridgehead atoms. The number of hydrogen-bond acceptors (Lipinski definition) is 9. The Labute approximate surface area is 205 Å². The summed E-state index contributed by atoms with van der Waals surface area (Å²) in [5, 5.41) is 15.8. The van der Waals surface area contributed by atoms with Gasteiger partial charge in [-0.05, 0) is 42.3 Å². The Bertz CT molecular complexity index is 1500. The molecule has 0 fully saturated rings. The van der Waals surface area contributed by atoms with Gasteiger partial charge in [0.1, 0.15) is 5.75 Å². The number of nitro groups is 1. The van der Waals surface area contributed by atoms with Crippen LogP contribution in [0.2, 0.25) is 0 Å². The maximum atomic E-state index is 12.9. The minimum Gasteiger partial charge on any atom is -0.497 e. The lowest BCUT2D eigenvalue weighted by Crippen LogP contribution is -2.23. The van der Waals surface area contributed by atoms with Gasteiger partial charge < -0.3 is 14.2 Å². The molecule has 4 aromatic rings. The van der Waals surface area contributed by atoms with Crippen LogP contribution in [0.3, 0.4) is 0 Å². The smallest absolute Gasteiger partial charge is 0.291 e. The number of aromatic nitrogens is 3. The van der Waals surface area contributed by atoms with Crippen LogP contribution in [0, 0.1) is 10.1 Å². The first kappa shape index (κ1) is 23.6. The Morgan fingerprint density at radius 1 is 1.12 bits per heavy atom. The molecule has 0 saturated carbocycles. The minimum atomic E-state index is -0.467. The summed E-state index contributed by atoms with van der Waals surface area (Å²) in [6.07, 6.45) is 2.35. The molecular weight excluding hydrogens is 528 g/mol. The summed E-state index contributed by atoms with van der Waals surface area (Å²) in [5.41, 5.74) is 0.886. The highest BCUT2D eigenvalue weighted by Gasteiger charge is 2.20. The Balaban J connectivity index is 1.63. The summed E-state index contributed by atoms with van der Waals surface area (Å²) in [6.45, 7) is 0. The van der Waals surface area contributed by atoms with Gasteiger partial charge in [0, 0.05) is 16.5 Å². The van der Waals surface area contributed by atoms with Gasteiger partial charge in [0.05, 0.1) is 36.9 Å². The van der Waals surface area contributed by atoms with Crippen LogP contribution in [0.5, 0.6) is 17.2 Å². The predicted octanol–water partition coefficient (Wildman–Crippen LogP) is 3.18.